The number of methoxy groups -OCH3 is 1. The predicted octanol–water partition coefficient (Wildman–Crippen LogP) is 1.71. The van der Waals surface area contributed by atoms with Gasteiger partial charge in [0.05, 0.1) is 13.7 Å². The Balaban J connectivity index is 1.47. The summed E-state index contributed by atoms with van der Waals surface area (Å²) in [6.07, 6.45) is 2.36. The van der Waals surface area contributed by atoms with Gasteiger partial charge in [0.2, 0.25) is 5.91 Å². The van der Waals surface area contributed by atoms with Crippen LogP contribution in [0.25, 0.3) is 0 Å². The number of nitrogens with zero attached hydrogens (tertiary/aromatic N) is 3. The highest BCUT2D eigenvalue weighted by molar-refractivity contribution is 5.94. The van der Waals surface area contributed by atoms with E-state index in [4.69, 9.17) is 4.74 Å². The van der Waals surface area contributed by atoms with E-state index in [-0.39, 0.29) is 11.8 Å². The Bertz CT molecular complexity index is 616. The zero-order valence-electron chi connectivity index (χ0n) is 15.8. The SMILES string of the molecule is COc1ccc(C(=O)N2CCN(C(=O)CN3CCC(C)CC3)CC2)cc1. The van der Waals surface area contributed by atoms with Gasteiger partial charge in [-0.25, -0.2) is 0 Å². The zero-order chi connectivity index (χ0) is 18.5. The van der Waals surface area contributed by atoms with Gasteiger partial charge in [-0.05, 0) is 56.1 Å². The molecule has 0 bridgehead atoms. The van der Waals surface area contributed by atoms with Crippen LogP contribution in [0, 0.1) is 5.92 Å². The third-order valence-electron chi connectivity index (χ3n) is 5.49. The van der Waals surface area contributed by atoms with Gasteiger partial charge in [-0.1, -0.05) is 6.92 Å². The molecule has 2 saturated heterocycles. The Morgan fingerprint density at radius 1 is 0.962 bits per heavy atom. The van der Waals surface area contributed by atoms with E-state index in [0.717, 1.165) is 24.8 Å². The second-order valence-electron chi connectivity index (χ2n) is 7.36. The number of carbonyl (C=O) groups is 2. The van der Waals surface area contributed by atoms with Gasteiger partial charge in [-0.15, -0.1) is 0 Å². The molecule has 0 saturated carbocycles. The quantitative estimate of drug-likeness (QED) is 0.821. The first kappa shape index (κ1) is 18.7. The molecule has 0 unspecified atom stereocenters. The summed E-state index contributed by atoms with van der Waals surface area (Å²) in [4.78, 5) is 31.1. The summed E-state index contributed by atoms with van der Waals surface area (Å²) < 4.78 is 5.13. The summed E-state index contributed by atoms with van der Waals surface area (Å²) in [5.74, 6) is 1.72. The Morgan fingerprint density at radius 2 is 1.54 bits per heavy atom. The molecule has 142 valence electrons. The van der Waals surface area contributed by atoms with Crippen molar-refractivity contribution >= 4 is 11.8 Å². The van der Waals surface area contributed by atoms with Crippen LogP contribution in [0.15, 0.2) is 24.3 Å². The van der Waals surface area contributed by atoms with E-state index in [9.17, 15) is 9.59 Å². The number of likely N-dealkylation sites (tertiary alicyclic amines) is 1. The second kappa shape index (κ2) is 8.54. The number of piperazine rings is 1. The minimum absolute atomic E-state index is 0.0183. The van der Waals surface area contributed by atoms with Crippen molar-refractivity contribution < 1.29 is 14.3 Å². The summed E-state index contributed by atoms with van der Waals surface area (Å²) in [5.41, 5.74) is 0.660. The van der Waals surface area contributed by atoms with E-state index in [1.165, 1.54) is 12.8 Å². The van der Waals surface area contributed by atoms with Crippen LogP contribution in [0.4, 0.5) is 0 Å². The molecule has 2 heterocycles. The highest BCUT2D eigenvalue weighted by Gasteiger charge is 2.26. The van der Waals surface area contributed by atoms with Gasteiger partial charge in [0.15, 0.2) is 0 Å². The monoisotopic (exact) mass is 359 g/mol. The summed E-state index contributed by atoms with van der Waals surface area (Å²) in [7, 11) is 1.61. The maximum atomic E-state index is 12.6. The number of rotatable bonds is 4. The summed E-state index contributed by atoms with van der Waals surface area (Å²) in [6.45, 7) is 7.24. The van der Waals surface area contributed by atoms with E-state index >= 15 is 0 Å². The van der Waals surface area contributed by atoms with Crippen LogP contribution in [0.2, 0.25) is 0 Å². The first-order valence-electron chi connectivity index (χ1n) is 9.50. The Kier molecular flexibility index (Phi) is 6.14. The standard InChI is InChI=1S/C20H29N3O3/c1-16-7-9-21(10-8-16)15-19(24)22-11-13-23(14-12-22)20(25)17-3-5-18(26-2)6-4-17/h3-6,16H,7-15H2,1-2H3. The van der Waals surface area contributed by atoms with E-state index in [1.54, 1.807) is 31.4 Å². The van der Waals surface area contributed by atoms with Gasteiger partial charge in [0.1, 0.15) is 5.75 Å². The Morgan fingerprint density at radius 3 is 2.12 bits per heavy atom. The third-order valence-corrected chi connectivity index (χ3v) is 5.49. The molecule has 2 amide bonds. The number of ether oxygens (including phenoxy) is 1. The van der Waals surface area contributed by atoms with Crippen LogP contribution < -0.4 is 4.74 Å². The van der Waals surface area contributed by atoms with Gasteiger partial charge in [-0.3, -0.25) is 14.5 Å². The van der Waals surface area contributed by atoms with E-state index in [2.05, 4.69) is 11.8 Å². The van der Waals surface area contributed by atoms with Crippen molar-refractivity contribution in [3.63, 3.8) is 0 Å². The highest BCUT2D eigenvalue weighted by Crippen LogP contribution is 2.17. The zero-order valence-corrected chi connectivity index (χ0v) is 15.8. The lowest BCUT2D eigenvalue weighted by molar-refractivity contribution is -0.134. The first-order valence-corrected chi connectivity index (χ1v) is 9.50. The highest BCUT2D eigenvalue weighted by atomic mass is 16.5. The smallest absolute Gasteiger partial charge is 0.253 e. The molecule has 0 atom stereocenters. The largest absolute Gasteiger partial charge is 0.497 e. The van der Waals surface area contributed by atoms with Crippen molar-refractivity contribution in [1.29, 1.82) is 0 Å². The van der Waals surface area contributed by atoms with Crippen molar-refractivity contribution in [2.24, 2.45) is 5.92 Å². The van der Waals surface area contributed by atoms with Crippen LogP contribution in [0.3, 0.4) is 0 Å². The molecule has 6 nitrogen and oxygen atoms in total. The summed E-state index contributed by atoms with van der Waals surface area (Å²) >= 11 is 0. The molecule has 1 aromatic carbocycles. The van der Waals surface area contributed by atoms with Crippen molar-refractivity contribution in [3.05, 3.63) is 29.8 Å². The molecule has 0 radical (unpaired) electrons. The van der Waals surface area contributed by atoms with Crippen molar-refractivity contribution in [2.45, 2.75) is 19.8 Å². The molecule has 0 N–H and O–H groups in total. The number of benzene rings is 1. The average Bonchev–Trinajstić information content (AvgIpc) is 2.69. The average molecular weight is 359 g/mol. The number of hydrogen-bond donors (Lipinski definition) is 0. The number of carbonyl (C=O) groups excluding carboxylic acids is 2. The molecule has 1 aromatic rings. The molecule has 2 fully saturated rings. The first-order chi connectivity index (χ1) is 12.6. The number of piperidine rings is 1. The van der Waals surface area contributed by atoms with Crippen LogP contribution in [-0.4, -0.2) is 79.4 Å². The molecular weight excluding hydrogens is 330 g/mol. The lowest BCUT2D eigenvalue weighted by Crippen LogP contribution is -2.53. The minimum Gasteiger partial charge on any atom is -0.497 e. The van der Waals surface area contributed by atoms with Crippen molar-refractivity contribution in [2.75, 3.05) is 52.9 Å². The molecule has 0 spiro atoms. The molecule has 2 aliphatic rings. The molecular formula is C20H29N3O3. The van der Waals surface area contributed by atoms with E-state index in [0.29, 0.717) is 38.3 Å². The summed E-state index contributed by atoms with van der Waals surface area (Å²) in [6, 6.07) is 7.17. The van der Waals surface area contributed by atoms with Gasteiger partial charge in [0, 0.05) is 31.7 Å². The number of hydrogen-bond acceptors (Lipinski definition) is 4. The van der Waals surface area contributed by atoms with Gasteiger partial charge < -0.3 is 14.5 Å². The fourth-order valence-electron chi connectivity index (χ4n) is 3.59. The molecule has 2 aliphatic heterocycles. The van der Waals surface area contributed by atoms with Crippen LogP contribution in [-0.2, 0) is 4.79 Å². The van der Waals surface area contributed by atoms with Crippen LogP contribution in [0.1, 0.15) is 30.1 Å². The lowest BCUT2D eigenvalue weighted by Gasteiger charge is -2.37. The minimum atomic E-state index is 0.0183. The van der Waals surface area contributed by atoms with Crippen LogP contribution >= 0.6 is 0 Å². The molecule has 26 heavy (non-hydrogen) atoms. The molecule has 6 heteroatoms. The lowest BCUT2D eigenvalue weighted by atomic mass is 9.99. The van der Waals surface area contributed by atoms with Crippen molar-refractivity contribution in [1.82, 2.24) is 14.7 Å². The predicted molar refractivity (Wildman–Crippen MR) is 100 cm³/mol. The topological polar surface area (TPSA) is 53.1 Å². The Labute approximate surface area is 155 Å². The normalized spacial score (nSPS) is 19.5. The van der Waals surface area contributed by atoms with Crippen molar-refractivity contribution in [3.8, 4) is 5.75 Å². The molecule has 0 aromatic heterocycles. The number of amides is 2. The fraction of sp³-hybridized carbons (Fsp3) is 0.600. The second-order valence-corrected chi connectivity index (χ2v) is 7.36. The Hall–Kier alpha value is -2.08. The molecule has 0 aliphatic carbocycles. The summed E-state index contributed by atoms with van der Waals surface area (Å²) in [5, 5.41) is 0. The van der Waals surface area contributed by atoms with E-state index < -0.39 is 0 Å². The van der Waals surface area contributed by atoms with Crippen LogP contribution in [0.5, 0.6) is 5.75 Å². The van der Waals surface area contributed by atoms with Gasteiger partial charge >= 0.3 is 0 Å². The third kappa shape index (κ3) is 4.55. The fourth-order valence-corrected chi connectivity index (χ4v) is 3.59. The molecule has 3 rings (SSSR count). The van der Waals surface area contributed by atoms with Gasteiger partial charge in [0.25, 0.3) is 5.91 Å². The van der Waals surface area contributed by atoms with Gasteiger partial charge in [-0.2, -0.15) is 0 Å². The van der Waals surface area contributed by atoms with E-state index in [1.807, 2.05) is 9.80 Å². The maximum absolute atomic E-state index is 12.6. The maximum Gasteiger partial charge on any atom is 0.253 e.